The van der Waals surface area contributed by atoms with Gasteiger partial charge in [0.25, 0.3) is 0 Å². The molecule has 0 saturated carbocycles. The van der Waals surface area contributed by atoms with Gasteiger partial charge in [0, 0.05) is 12.1 Å². The molecule has 0 fully saturated rings. The van der Waals surface area contributed by atoms with Crippen LogP contribution < -0.4 is 4.74 Å². The Morgan fingerprint density at radius 2 is 1.85 bits per heavy atom. The fourth-order valence-corrected chi connectivity index (χ4v) is 3.69. The van der Waals surface area contributed by atoms with Crippen molar-refractivity contribution in [1.82, 2.24) is 25.1 Å². The van der Waals surface area contributed by atoms with Crippen LogP contribution in [0, 0.1) is 0 Å². The fourth-order valence-electron chi connectivity index (χ4n) is 2.84. The summed E-state index contributed by atoms with van der Waals surface area (Å²) >= 11 is 1.35. The van der Waals surface area contributed by atoms with Crippen LogP contribution in [0.25, 0.3) is 5.69 Å². The second-order valence-corrected chi connectivity index (χ2v) is 7.78. The summed E-state index contributed by atoms with van der Waals surface area (Å²) in [6.07, 6.45) is 0. The van der Waals surface area contributed by atoms with Crippen LogP contribution in [0.2, 0.25) is 0 Å². The van der Waals surface area contributed by atoms with Crippen LogP contribution in [0.3, 0.4) is 0 Å². The van der Waals surface area contributed by atoms with Crippen molar-refractivity contribution in [2.45, 2.75) is 64.0 Å². The number of para-hydroxylation sites is 2. The van der Waals surface area contributed by atoms with Crippen LogP contribution in [-0.4, -0.2) is 55.0 Å². The Bertz CT molecular complexity index is 724. The molecule has 2 rings (SSSR count). The van der Waals surface area contributed by atoms with Crippen molar-refractivity contribution in [2.75, 3.05) is 6.61 Å². The van der Waals surface area contributed by atoms with Crippen LogP contribution in [0.1, 0.15) is 41.5 Å². The number of ether oxygens (including phenoxy) is 1. The van der Waals surface area contributed by atoms with E-state index in [-0.39, 0.29) is 23.2 Å². The first-order valence-corrected chi connectivity index (χ1v) is 9.74. The Kier molecular flexibility index (Phi) is 7.02. The molecule has 1 aromatic heterocycles. The number of tetrazole rings is 1. The molecule has 26 heavy (non-hydrogen) atoms. The highest BCUT2D eigenvalue weighted by atomic mass is 32.2. The number of rotatable bonds is 8. The van der Waals surface area contributed by atoms with Gasteiger partial charge in [0.05, 0.1) is 11.9 Å². The van der Waals surface area contributed by atoms with E-state index in [1.165, 1.54) is 11.8 Å². The Morgan fingerprint density at radius 3 is 2.46 bits per heavy atom. The molecule has 0 aliphatic carbocycles. The number of hydrogen-bond donors (Lipinski definition) is 0. The number of thioether (sulfide) groups is 1. The van der Waals surface area contributed by atoms with E-state index < -0.39 is 0 Å². The highest BCUT2D eigenvalue weighted by Crippen LogP contribution is 2.29. The molecule has 1 unspecified atom stereocenters. The third kappa shape index (κ3) is 4.55. The minimum absolute atomic E-state index is 0.0765. The maximum atomic E-state index is 12.9. The molecule has 7 nitrogen and oxygen atoms in total. The first-order chi connectivity index (χ1) is 12.4. The number of carbonyl (C=O) groups excluding carboxylic acids is 1. The van der Waals surface area contributed by atoms with Gasteiger partial charge in [-0.25, -0.2) is 0 Å². The molecule has 2 aromatic rings. The van der Waals surface area contributed by atoms with E-state index in [1.54, 1.807) is 4.68 Å². The summed E-state index contributed by atoms with van der Waals surface area (Å²) in [6, 6.07) is 7.86. The molecule has 1 atom stereocenters. The Balaban J connectivity index is 2.25. The molecule has 0 radical (unpaired) electrons. The second kappa shape index (κ2) is 9.02. The molecule has 0 aliphatic rings. The van der Waals surface area contributed by atoms with Gasteiger partial charge in [-0.05, 0) is 64.1 Å². The van der Waals surface area contributed by atoms with Crippen molar-refractivity contribution in [3.8, 4) is 11.4 Å². The minimum Gasteiger partial charge on any atom is -0.492 e. The summed E-state index contributed by atoms with van der Waals surface area (Å²) < 4.78 is 7.29. The van der Waals surface area contributed by atoms with E-state index in [4.69, 9.17) is 4.74 Å². The number of carbonyl (C=O) groups is 1. The standard InChI is InChI=1S/C18H27N5O2S/c1-7-25-16-11-9-8-10-15(16)23-18(19-20-21-23)26-14(6)17(24)22(12(2)3)13(4)5/h8-14H,7H2,1-6H3. The zero-order valence-electron chi connectivity index (χ0n) is 16.2. The molecular weight excluding hydrogens is 350 g/mol. The maximum absolute atomic E-state index is 12.9. The van der Waals surface area contributed by atoms with E-state index in [1.807, 2.05) is 70.7 Å². The molecule has 0 spiro atoms. The van der Waals surface area contributed by atoms with Gasteiger partial charge in [-0.15, -0.1) is 5.10 Å². The summed E-state index contributed by atoms with van der Waals surface area (Å²) in [7, 11) is 0. The zero-order chi connectivity index (χ0) is 19.3. The molecule has 1 amide bonds. The van der Waals surface area contributed by atoms with E-state index in [2.05, 4.69) is 15.5 Å². The summed E-state index contributed by atoms with van der Waals surface area (Å²) in [5.41, 5.74) is 0.756. The molecule has 0 aliphatic heterocycles. The lowest BCUT2D eigenvalue weighted by atomic mass is 10.2. The van der Waals surface area contributed by atoms with Gasteiger partial charge in [0.15, 0.2) is 0 Å². The number of hydrogen-bond acceptors (Lipinski definition) is 6. The molecule has 8 heteroatoms. The van der Waals surface area contributed by atoms with E-state index >= 15 is 0 Å². The third-order valence-corrected chi connectivity index (χ3v) is 4.85. The van der Waals surface area contributed by atoms with Crippen molar-refractivity contribution in [1.29, 1.82) is 0 Å². The highest BCUT2D eigenvalue weighted by Gasteiger charge is 2.27. The molecule has 1 aromatic carbocycles. The van der Waals surface area contributed by atoms with Crippen molar-refractivity contribution in [2.24, 2.45) is 0 Å². The van der Waals surface area contributed by atoms with Crippen LogP contribution >= 0.6 is 11.8 Å². The minimum atomic E-state index is -0.302. The van der Waals surface area contributed by atoms with Crippen molar-refractivity contribution in [3.63, 3.8) is 0 Å². The average molecular weight is 378 g/mol. The molecule has 0 N–H and O–H groups in total. The quantitative estimate of drug-likeness (QED) is 0.658. The van der Waals surface area contributed by atoms with Gasteiger partial charge in [0.1, 0.15) is 11.4 Å². The van der Waals surface area contributed by atoms with Crippen LogP contribution in [0.5, 0.6) is 5.75 Å². The molecule has 142 valence electrons. The normalized spacial score (nSPS) is 12.5. The Labute approximate surface area is 159 Å². The first kappa shape index (κ1) is 20.2. The number of amides is 1. The molecule has 0 saturated heterocycles. The van der Waals surface area contributed by atoms with Gasteiger partial charge >= 0.3 is 0 Å². The lowest BCUT2D eigenvalue weighted by Gasteiger charge is -2.32. The molecule has 1 heterocycles. The number of aromatic nitrogens is 4. The molecule has 0 bridgehead atoms. The van der Waals surface area contributed by atoms with Gasteiger partial charge < -0.3 is 9.64 Å². The smallest absolute Gasteiger partial charge is 0.236 e. The summed E-state index contributed by atoms with van der Waals surface area (Å²) in [5, 5.41) is 12.2. The van der Waals surface area contributed by atoms with E-state index in [9.17, 15) is 4.79 Å². The predicted molar refractivity (Wildman–Crippen MR) is 103 cm³/mol. The summed E-state index contributed by atoms with van der Waals surface area (Å²) in [5.74, 6) is 0.779. The van der Waals surface area contributed by atoms with Gasteiger partial charge in [-0.1, -0.05) is 23.9 Å². The Hall–Kier alpha value is -2.09. The lowest BCUT2D eigenvalue weighted by molar-refractivity contribution is -0.133. The monoisotopic (exact) mass is 377 g/mol. The SMILES string of the molecule is CCOc1ccccc1-n1nnnc1SC(C)C(=O)N(C(C)C)C(C)C. The first-order valence-electron chi connectivity index (χ1n) is 8.86. The average Bonchev–Trinajstić information content (AvgIpc) is 3.02. The number of benzene rings is 1. The molecular formula is C18H27N5O2S. The van der Waals surface area contributed by atoms with E-state index in [0.29, 0.717) is 17.5 Å². The van der Waals surface area contributed by atoms with Crippen LogP contribution in [0.4, 0.5) is 0 Å². The second-order valence-electron chi connectivity index (χ2n) is 6.47. The third-order valence-electron chi connectivity index (χ3n) is 3.83. The largest absolute Gasteiger partial charge is 0.492 e. The highest BCUT2D eigenvalue weighted by molar-refractivity contribution is 8.00. The predicted octanol–water partition coefficient (Wildman–Crippen LogP) is 3.19. The van der Waals surface area contributed by atoms with Crippen LogP contribution in [-0.2, 0) is 4.79 Å². The zero-order valence-corrected chi connectivity index (χ0v) is 17.0. The van der Waals surface area contributed by atoms with Crippen LogP contribution in [0.15, 0.2) is 29.4 Å². The van der Waals surface area contributed by atoms with Crippen molar-refractivity contribution < 1.29 is 9.53 Å². The van der Waals surface area contributed by atoms with Gasteiger partial charge in [-0.3, -0.25) is 4.79 Å². The van der Waals surface area contributed by atoms with Crippen molar-refractivity contribution >= 4 is 17.7 Å². The topological polar surface area (TPSA) is 73.1 Å². The fraction of sp³-hybridized carbons (Fsp3) is 0.556. The summed E-state index contributed by atoms with van der Waals surface area (Å²) in [4.78, 5) is 14.8. The maximum Gasteiger partial charge on any atom is 0.236 e. The number of nitrogens with zero attached hydrogens (tertiary/aromatic N) is 5. The van der Waals surface area contributed by atoms with E-state index in [0.717, 1.165) is 5.69 Å². The summed E-state index contributed by atoms with van der Waals surface area (Å²) in [6.45, 7) is 12.5. The van der Waals surface area contributed by atoms with Crippen molar-refractivity contribution in [3.05, 3.63) is 24.3 Å². The van der Waals surface area contributed by atoms with Gasteiger partial charge in [0.2, 0.25) is 11.1 Å². The Morgan fingerprint density at radius 1 is 1.19 bits per heavy atom. The van der Waals surface area contributed by atoms with Gasteiger partial charge in [-0.2, -0.15) is 4.68 Å². The lowest BCUT2D eigenvalue weighted by Crippen LogP contribution is -2.45.